The Morgan fingerprint density at radius 1 is 1.00 bits per heavy atom. The molecule has 0 N–H and O–H groups in total. The Bertz CT molecular complexity index is 1090. The Balaban J connectivity index is 1.91. The topological polar surface area (TPSA) is 67.3 Å². The first kappa shape index (κ1) is 21.0. The van der Waals surface area contributed by atoms with Crippen LogP contribution in [0.25, 0.3) is 0 Å². The van der Waals surface area contributed by atoms with Gasteiger partial charge in [-0.3, -0.25) is 9.78 Å². The predicted molar refractivity (Wildman–Crippen MR) is 114 cm³/mol. The minimum Gasteiger partial charge on any atom is -0.334 e. The van der Waals surface area contributed by atoms with Crippen molar-refractivity contribution in [3.8, 4) is 0 Å². The third-order valence-corrected chi connectivity index (χ3v) is 5.96. The highest BCUT2D eigenvalue weighted by Gasteiger charge is 2.21. The molecule has 0 saturated carbocycles. The number of hydrogen-bond acceptors (Lipinski definition) is 4. The van der Waals surface area contributed by atoms with Crippen molar-refractivity contribution >= 4 is 27.3 Å². The number of halogens is 1. The molecule has 2 aromatic carbocycles. The van der Waals surface area contributed by atoms with Crippen molar-refractivity contribution in [3.05, 3.63) is 94.8 Å². The van der Waals surface area contributed by atoms with Crippen LogP contribution in [0.2, 0.25) is 5.02 Å². The molecule has 1 amide bonds. The van der Waals surface area contributed by atoms with Crippen molar-refractivity contribution in [1.29, 1.82) is 0 Å². The van der Waals surface area contributed by atoms with Gasteiger partial charge in [-0.2, -0.15) is 0 Å². The molecule has 5 nitrogen and oxygen atoms in total. The maximum Gasteiger partial charge on any atom is 0.255 e. The lowest BCUT2D eigenvalue weighted by atomic mass is 10.1. The van der Waals surface area contributed by atoms with E-state index >= 15 is 0 Å². The van der Waals surface area contributed by atoms with Gasteiger partial charge in [0.15, 0.2) is 9.84 Å². The zero-order valence-corrected chi connectivity index (χ0v) is 17.5. The zero-order chi connectivity index (χ0) is 20.9. The standard InChI is InChI=1S/C22H21ClN2O3S/c1-29(27,28)19-7-8-21(23)20(15-19)22(26)25(16-18-9-12-24-13-10-18)14-11-17-5-3-2-4-6-17/h2-10,12-13,15H,11,14,16H2,1H3. The Kier molecular flexibility index (Phi) is 6.67. The van der Waals surface area contributed by atoms with E-state index in [4.69, 9.17) is 11.6 Å². The maximum atomic E-state index is 13.3. The Labute approximate surface area is 175 Å². The molecule has 0 radical (unpaired) electrons. The van der Waals surface area contributed by atoms with Crippen molar-refractivity contribution in [2.75, 3.05) is 12.8 Å². The summed E-state index contributed by atoms with van der Waals surface area (Å²) in [5.74, 6) is -0.312. The van der Waals surface area contributed by atoms with Gasteiger partial charge in [0.05, 0.1) is 15.5 Å². The van der Waals surface area contributed by atoms with Crippen LogP contribution in [0.3, 0.4) is 0 Å². The molecule has 0 aliphatic rings. The molecule has 1 aromatic heterocycles. The molecule has 0 bridgehead atoms. The van der Waals surface area contributed by atoms with Gasteiger partial charge >= 0.3 is 0 Å². The number of aromatic nitrogens is 1. The van der Waals surface area contributed by atoms with Crippen molar-refractivity contribution < 1.29 is 13.2 Å². The number of benzene rings is 2. The molecule has 150 valence electrons. The number of carbonyl (C=O) groups excluding carboxylic acids is 1. The molecule has 0 saturated heterocycles. The van der Waals surface area contributed by atoms with Crippen LogP contribution in [-0.2, 0) is 22.8 Å². The lowest BCUT2D eigenvalue weighted by molar-refractivity contribution is 0.0745. The third-order valence-electron chi connectivity index (χ3n) is 4.52. The summed E-state index contributed by atoms with van der Waals surface area (Å²) in [6.45, 7) is 0.832. The van der Waals surface area contributed by atoms with E-state index in [0.717, 1.165) is 17.4 Å². The average molecular weight is 429 g/mol. The summed E-state index contributed by atoms with van der Waals surface area (Å²) >= 11 is 6.25. The molecule has 7 heteroatoms. The number of nitrogens with zero attached hydrogens (tertiary/aromatic N) is 2. The van der Waals surface area contributed by atoms with Crippen LogP contribution in [0, 0.1) is 0 Å². The molecule has 0 aliphatic carbocycles. The van der Waals surface area contributed by atoms with Gasteiger partial charge in [0.25, 0.3) is 5.91 Å². The van der Waals surface area contributed by atoms with E-state index in [2.05, 4.69) is 4.98 Å². The SMILES string of the molecule is CS(=O)(=O)c1ccc(Cl)c(C(=O)N(CCc2ccccc2)Cc2ccncc2)c1. The average Bonchev–Trinajstić information content (AvgIpc) is 2.71. The van der Waals surface area contributed by atoms with Crippen LogP contribution in [0.5, 0.6) is 0 Å². The fraction of sp³-hybridized carbons (Fsp3) is 0.182. The van der Waals surface area contributed by atoms with Gasteiger partial charge in [-0.05, 0) is 47.9 Å². The second-order valence-corrected chi connectivity index (χ2v) is 9.15. The van der Waals surface area contributed by atoms with Gasteiger partial charge in [-0.15, -0.1) is 0 Å². The lowest BCUT2D eigenvalue weighted by Gasteiger charge is -2.24. The fourth-order valence-corrected chi connectivity index (χ4v) is 3.78. The number of hydrogen-bond donors (Lipinski definition) is 0. The second kappa shape index (κ2) is 9.20. The number of sulfone groups is 1. The molecular weight excluding hydrogens is 408 g/mol. The van der Waals surface area contributed by atoms with Crippen molar-refractivity contribution in [3.63, 3.8) is 0 Å². The minimum atomic E-state index is -3.45. The normalized spacial score (nSPS) is 11.2. The van der Waals surface area contributed by atoms with Crippen LogP contribution in [-0.4, -0.2) is 37.0 Å². The van der Waals surface area contributed by atoms with E-state index in [-0.39, 0.29) is 21.4 Å². The first-order valence-corrected chi connectivity index (χ1v) is 11.3. The quantitative estimate of drug-likeness (QED) is 0.570. The minimum absolute atomic E-state index is 0.0668. The van der Waals surface area contributed by atoms with E-state index in [9.17, 15) is 13.2 Å². The summed E-state index contributed by atoms with van der Waals surface area (Å²) in [4.78, 5) is 19.1. The summed E-state index contributed by atoms with van der Waals surface area (Å²) < 4.78 is 23.8. The van der Waals surface area contributed by atoms with E-state index in [1.165, 1.54) is 18.2 Å². The van der Waals surface area contributed by atoms with Crippen molar-refractivity contribution in [2.24, 2.45) is 0 Å². The first-order valence-electron chi connectivity index (χ1n) is 9.06. The van der Waals surface area contributed by atoms with Gasteiger partial charge in [0, 0.05) is 31.7 Å². The number of rotatable bonds is 7. The summed E-state index contributed by atoms with van der Waals surface area (Å²) in [7, 11) is -3.45. The lowest BCUT2D eigenvalue weighted by Crippen LogP contribution is -2.33. The summed E-state index contributed by atoms with van der Waals surface area (Å²) in [5, 5.41) is 0.224. The monoisotopic (exact) mass is 428 g/mol. The molecule has 3 aromatic rings. The molecule has 1 heterocycles. The van der Waals surface area contributed by atoms with Crippen molar-refractivity contribution in [1.82, 2.24) is 9.88 Å². The molecule has 0 atom stereocenters. The van der Waals surface area contributed by atoms with Crippen LogP contribution in [0.15, 0.2) is 78.0 Å². The summed E-state index contributed by atoms with van der Waals surface area (Å²) in [6.07, 6.45) is 5.12. The Morgan fingerprint density at radius 3 is 2.34 bits per heavy atom. The predicted octanol–water partition coefficient (Wildman–Crippen LogP) is 4.02. The van der Waals surface area contributed by atoms with Crippen LogP contribution >= 0.6 is 11.6 Å². The highest BCUT2D eigenvalue weighted by atomic mass is 35.5. The van der Waals surface area contributed by atoms with Gasteiger partial charge in [-0.25, -0.2) is 8.42 Å². The number of amides is 1. The number of carbonyl (C=O) groups is 1. The van der Waals surface area contributed by atoms with E-state index in [1.54, 1.807) is 17.3 Å². The van der Waals surface area contributed by atoms with Crippen molar-refractivity contribution in [2.45, 2.75) is 17.9 Å². The fourth-order valence-electron chi connectivity index (χ4n) is 2.94. The van der Waals surface area contributed by atoms with Gasteiger partial charge in [0.2, 0.25) is 0 Å². The van der Waals surface area contributed by atoms with Crippen LogP contribution in [0.4, 0.5) is 0 Å². The Hall–Kier alpha value is -2.70. The van der Waals surface area contributed by atoms with E-state index in [1.807, 2.05) is 42.5 Å². The van der Waals surface area contributed by atoms with Gasteiger partial charge in [0.1, 0.15) is 0 Å². The molecule has 0 unspecified atom stereocenters. The highest BCUT2D eigenvalue weighted by molar-refractivity contribution is 7.90. The second-order valence-electron chi connectivity index (χ2n) is 6.73. The zero-order valence-electron chi connectivity index (χ0n) is 16.0. The van der Waals surface area contributed by atoms with Crippen LogP contribution in [0.1, 0.15) is 21.5 Å². The Morgan fingerprint density at radius 2 is 1.69 bits per heavy atom. The molecular formula is C22H21ClN2O3S. The molecule has 3 rings (SSSR count). The molecule has 29 heavy (non-hydrogen) atoms. The maximum absolute atomic E-state index is 13.3. The number of pyridine rings is 1. The summed E-state index contributed by atoms with van der Waals surface area (Å²) in [6, 6.07) is 17.8. The highest BCUT2D eigenvalue weighted by Crippen LogP contribution is 2.23. The van der Waals surface area contributed by atoms with E-state index < -0.39 is 9.84 Å². The molecule has 0 fully saturated rings. The molecule has 0 spiro atoms. The van der Waals surface area contributed by atoms with Gasteiger partial charge in [-0.1, -0.05) is 41.9 Å². The van der Waals surface area contributed by atoms with E-state index in [0.29, 0.717) is 19.5 Å². The third kappa shape index (κ3) is 5.65. The van der Waals surface area contributed by atoms with Crippen LogP contribution < -0.4 is 0 Å². The largest absolute Gasteiger partial charge is 0.334 e. The van der Waals surface area contributed by atoms with Gasteiger partial charge < -0.3 is 4.90 Å². The molecule has 0 aliphatic heterocycles. The first-order chi connectivity index (χ1) is 13.8. The summed E-state index contributed by atoms with van der Waals surface area (Å²) in [5.41, 5.74) is 2.21. The smallest absolute Gasteiger partial charge is 0.255 e.